The first kappa shape index (κ1) is 26.1. The summed E-state index contributed by atoms with van der Waals surface area (Å²) in [6.07, 6.45) is -0.158. The Labute approximate surface area is 192 Å². The van der Waals surface area contributed by atoms with E-state index in [1.807, 2.05) is 39.0 Å². The molecule has 1 aliphatic rings. The van der Waals surface area contributed by atoms with Gasteiger partial charge in [0.05, 0.1) is 18.0 Å². The molecule has 0 aromatic heterocycles. The summed E-state index contributed by atoms with van der Waals surface area (Å²) in [5.74, 6) is 0.964. The van der Waals surface area contributed by atoms with Gasteiger partial charge in [-0.25, -0.2) is 8.42 Å². The summed E-state index contributed by atoms with van der Waals surface area (Å²) in [6.45, 7) is 10.4. The van der Waals surface area contributed by atoms with Gasteiger partial charge in [0.2, 0.25) is 10.0 Å². The van der Waals surface area contributed by atoms with E-state index < -0.39 is 10.0 Å². The van der Waals surface area contributed by atoms with E-state index in [1.165, 1.54) is 9.87 Å². The number of aliphatic imine (C=N–C) groups is 1. The molecule has 1 heterocycles. The number of halogens is 1. The topological polar surface area (TPSA) is 83.0 Å². The number of nitrogens with one attached hydrogen (secondary N) is 2. The molecule has 2 N–H and O–H groups in total. The van der Waals surface area contributed by atoms with E-state index in [1.54, 1.807) is 0 Å². The maximum absolute atomic E-state index is 12.6. The van der Waals surface area contributed by atoms with Crippen molar-refractivity contribution in [3.05, 3.63) is 35.9 Å². The van der Waals surface area contributed by atoms with Gasteiger partial charge < -0.3 is 15.4 Å². The predicted molar refractivity (Wildman–Crippen MR) is 130 cm³/mol. The molecular formula is C20H35IN4O3S. The third kappa shape index (κ3) is 8.77. The number of nitrogens with zero attached hydrogens (tertiary/aromatic N) is 2. The number of hydrogen-bond donors (Lipinski definition) is 2. The summed E-state index contributed by atoms with van der Waals surface area (Å²) < 4.78 is 32.4. The standard InChI is InChI=1S/C20H34N4O3S.HI/c1-5-21-20(23-13-16(2)19-9-7-6-8-10-19)22-11-12-28(25,26)24-14-17(3)27-18(4)15-24;/h6-10,16-18H,5,11-15H2,1-4H3,(H2,21,22,23);1H. The smallest absolute Gasteiger partial charge is 0.216 e. The normalized spacial score (nSPS) is 21.9. The Morgan fingerprint density at radius 2 is 1.83 bits per heavy atom. The molecular weight excluding hydrogens is 503 g/mol. The Morgan fingerprint density at radius 3 is 2.41 bits per heavy atom. The van der Waals surface area contributed by atoms with Gasteiger partial charge in [0.15, 0.2) is 5.96 Å². The fraction of sp³-hybridized carbons (Fsp3) is 0.650. The molecule has 0 aliphatic carbocycles. The lowest BCUT2D eigenvalue weighted by molar-refractivity contribution is -0.0440. The Morgan fingerprint density at radius 1 is 1.21 bits per heavy atom. The first-order valence-corrected chi connectivity index (χ1v) is 11.6. The summed E-state index contributed by atoms with van der Waals surface area (Å²) in [6, 6.07) is 10.2. The third-order valence-electron chi connectivity index (χ3n) is 4.67. The molecule has 0 radical (unpaired) electrons. The fourth-order valence-corrected chi connectivity index (χ4v) is 4.73. The number of morpholine rings is 1. The molecule has 1 saturated heterocycles. The number of ether oxygens (including phenoxy) is 1. The van der Waals surface area contributed by atoms with Gasteiger partial charge in [-0.15, -0.1) is 24.0 Å². The van der Waals surface area contributed by atoms with Crippen LogP contribution in [0.5, 0.6) is 0 Å². The van der Waals surface area contributed by atoms with Crippen molar-refractivity contribution < 1.29 is 13.2 Å². The maximum atomic E-state index is 12.6. The lowest BCUT2D eigenvalue weighted by atomic mass is 10.0. The molecule has 0 amide bonds. The van der Waals surface area contributed by atoms with Crippen LogP contribution in [0, 0.1) is 0 Å². The Balaban J connectivity index is 0.00000420. The van der Waals surface area contributed by atoms with Crippen LogP contribution in [0.15, 0.2) is 35.3 Å². The molecule has 0 saturated carbocycles. The van der Waals surface area contributed by atoms with Crippen LogP contribution in [-0.2, 0) is 14.8 Å². The van der Waals surface area contributed by atoms with E-state index in [4.69, 9.17) is 4.74 Å². The molecule has 166 valence electrons. The van der Waals surface area contributed by atoms with Gasteiger partial charge in [0.1, 0.15) is 0 Å². The number of sulfonamides is 1. The number of hydrogen-bond acceptors (Lipinski definition) is 4. The largest absolute Gasteiger partial charge is 0.373 e. The van der Waals surface area contributed by atoms with Crippen molar-refractivity contribution >= 4 is 40.0 Å². The van der Waals surface area contributed by atoms with Crippen molar-refractivity contribution in [3.63, 3.8) is 0 Å². The zero-order valence-corrected chi connectivity index (χ0v) is 20.9. The van der Waals surface area contributed by atoms with Gasteiger partial charge in [0.25, 0.3) is 0 Å². The van der Waals surface area contributed by atoms with Crippen LogP contribution in [0.3, 0.4) is 0 Å². The summed E-state index contributed by atoms with van der Waals surface area (Å²) in [4.78, 5) is 4.61. The molecule has 1 aliphatic heterocycles. The van der Waals surface area contributed by atoms with Gasteiger partial charge >= 0.3 is 0 Å². The van der Waals surface area contributed by atoms with Crippen LogP contribution >= 0.6 is 24.0 Å². The number of guanidine groups is 1. The average Bonchev–Trinajstić information content (AvgIpc) is 2.65. The van der Waals surface area contributed by atoms with Crippen LogP contribution in [0.4, 0.5) is 0 Å². The Hall–Kier alpha value is -0.910. The lowest BCUT2D eigenvalue weighted by Gasteiger charge is -2.34. The molecule has 1 aromatic rings. The first-order chi connectivity index (χ1) is 13.3. The molecule has 7 nitrogen and oxygen atoms in total. The minimum atomic E-state index is -3.33. The summed E-state index contributed by atoms with van der Waals surface area (Å²) in [5, 5.41) is 6.33. The lowest BCUT2D eigenvalue weighted by Crippen LogP contribution is -2.50. The Bertz CT molecular complexity index is 721. The van der Waals surface area contributed by atoms with E-state index in [0.29, 0.717) is 32.1 Å². The van der Waals surface area contributed by atoms with Crippen molar-refractivity contribution in [2.24, 2.45) is 4.99 Å². The third-order valence-corrected chi connectivity index (χ3v) is 6.47. The van der Waals surface area contributed by atoms with Gasteiger partial charge in [-0.3, -0.25) is 4.99 Å². The minimum absolute atomic E-state index is 0. The van der Waals surface area contributed by atoms with Crippen LogP contribution in [0.2, 0.25) is 0 Å². The van der Waals surface area contributed by atoms with Gasteiger partial charge in [-0.1, -0.05) is 37.3 Å². The van der Waals surface area contributed by atoms with Crippen molar-refractivity contribution in [1.82, 2.24) is 14.9 Å². The fourth-order valence-electron chi connectivity index (χ4n) is 3.24. The second kappa shape index (κ2) is 12.7. The summed E-state index contributed by atoms with van der Waals surface area (Å²) in [7, 11) is -3.33. The quantitative estimate of drug-likeness (QED) is 0.302. The molecule has 3 atom stereocenters. The van der Waals surface area contributed by atoms with Gasteiger partial charge in [0, 0.05) is 38.6 Å². The minimum Gasteiger partial charge on any atom is -0.373 e. The number of benzene rings is 1. The highest BCUT2D eigenvalue weighted by atomic mass is 127. The number of rotatable bonds is 8. The van der Waals surface area contributed by atoms with E-state index in [-0.39, 0.29) is 47.9 Å². The molecule has 1 fully saturated rings. The molecule has 3 unspecified atom stereocenters. The average molecular weight is 538 g/mol. The first-order valence-electron chi connectivity index (χ1n) is 10.0. The highest BCUT2D eigenvalue weighted by Gasteiger charge is 2.30. The van der Waals surface area contributed by atoms with Crippen molar-refractivity contribution in [3.8, 4) is 0 Å². The zero-order chi connectivity index (χ0) is 20.6. The second-order valence-electron chi connectivity index (χ2n) is 7.35. The van der Waals surface area contributed by atoms with Crippen molar-refractivity contribution in [2.45, 2.75) is 45.8 Å². The zero-order valence-electron chi connectivity index (χ0n) is 17.8. The van der Waals surface area contributed by atoms with Crippen LogP contribution in [0.1, 0.15) is 39.2 Å². The maximum Gasteiger partial charge on any atom is 0.216 e. The van der Waals surface area contributed by atoms with Crippen LogP contribution in [-0.4, -0.2) is 69.4 Å². The Kier molecular flexibility index (Phi) is 11.4. The molecule has 2 rings (SSSR count). The highest BCUT2D eigenvalue weighted by molar-refractivity contribution is 14.0. The monoisotopic (exact) mass is 538 g/mol. The van der Waals surface area contributed by atoms with E-state index >= 15 is 0 Å². The second-order valence-corrected chi connectivity index (χ2v) is 9.44. The van der Waals surface area contributed by atoms with Gasteiger partial charge in [-0.05, 0) is 26.3 Å². The van der Waals surface area contributed by atoms with Gasteiger partial charge in [-0.2, -0.15) is 4.31 Å². The molecule has 0 spiro atoms. The van der Waals surface area contributed by atoms with E-state index in [9.17, 15) is 8.42 Å². The summed E-state index contributed by atoms with van der Waals surface area (Å²) in [5.41, 5.74) is 1.24. The molecule has 1 aromatic carbocycles. The van der Waals surface area contributed by atoms with Crippen molar-refractivity contribution in [1.29, 1.82) is 0 Å². The predicted octanol–water partition coefficient (Wildman–Crippen LogP) is 2.40. The molecule has 9 heteroatoms. The van der Waals surface area contributed by atoms with E-state index in [0.717, 1.165) is 6.54 Å². The molecule has 0 bridgehead atoms. The van der Waals surface area contributed by atoms with Crippen LogP contribution < -0.4 is 10.6 Å². The molecule has 29 heavy (non-hydrogen) atoms. The van der Waals surface area contributed by atoms with E-state index in [2.05, 4.69) is 34.7 Å². The summed E-state index contributed by atoms with van der Waals surface area (Å²) >= 11 is 0. The highest BCUT2D eigenvalue weighted by Crippen LogP contribution is 2.15. The SMILES string of the molecule is CCNC(=NCC(C)c1ccccc1)NCCS(=O)(=O)N1CC(C)OC(C)C1.I. The van der Waals surface area contributed by atoms with Crippen molar-refractivity contribution in [2.75, 3.05) is 38.5 Å². The van der Waals surface area contributed by atoms with Crippen LogP contribution in [0.25, 0.3) is 0 Å².